The van der Waals surface area contributed by atoms with Gasteiger partial charge in [-0.25, -0.2) is 0 Å². The Hall–Kier alpha value is -0.800. The van der Waals surface area contributed by atoms with Gasteiger partial charge in [0, 0.05) is 10.0 Å². The summed E-state index contributed by atoms with van der Waals surface area (Å²) in [5, 5.41) is 0.530. The van der Waals surface area contributed by atoms with Crippen molar-refractivity contribution in [3.05, 3.63) is 45.1 Å². The highest BCUT2D eigenvalue weighted by Gasteiger charge is 2.16. The zero-order chi connectivity index (χ0) is 11.5. The van der Waals surface area contributed by atoms with Gasteiger partial charge in [-0.1, -0.05) is 11.6 Å². The monoisotopic (exact) mass is 300 g/mol. The van der Waals surface area contributed by atoms with E-state index in [1.807, 2.05) is 6.08 Å². The molecule has 4 heteroatoms. The summed E-state index contributed by atoms with van der Waals surface area (Å²) >= 11 is 9.22. The first-order valence-corrected chi connectivity index (χ1v) is 6.18. The molecule has 2 rings (SSSR count). The second-order valence-corrected chi connectivity index (χ2v) is 4.78. The first-order valence-electron chi connectivity index (χ1n) is 5.01. The fraction of sp³-hybridized carbons (Fsp3) is 0.250. The van der Waals surface area contributed by atoms with Gasteiger partial charge in [0.05, 0.1) is 11.6 Å². The average Bonchev–Trinajstić information content (AvgIpc) is 2.33. The normalized spacial score (nSPS) is 15.2. The topological polar surface area (TPSA) is 26.3 Å². The second-order valence-electron chi connectivity index (χ2n) is 3.52. The Morgan fingerprint density at radius 3 is 2.88 bits per heavy atom. The number of hydrogen-bond acceptors (Lipinski definition) is 2. The molecule has 0 radical (unpaired) electrons. The summed E-state index contributed by atoms with van der Waals surface area (Å²) in [5.41, 5.74) is 0.557. The summed E-state index contributed by atoms with van der Waals surface area (Å²) in [6, 6.07) is 5.14. The molecule has 2 nitrogen and oxygen atoms in total. The van der Waals surface area contributed by atoms with Crippen LogP contribution in [0.4, 0.5) is 0 Å². The molecule has 0 fully saturated rings. The van der Waals surface area contributed by atoms with Gasteiger partial charge in [-0.15, -0.1) is 0 Å². The average molecular weight is 302 g/mol. The Morgan fingerprint density at radius 1 is 1.44 bits per heavy atom. The van der Waals surface area contributed by atoms with Crippen molar-refractivity contribution < 1.29 is 9.53 Å². The van der Waals surface area contributed by atoms with E-state index in [0.717, 1.165) is 17.3 Å². The first kappa shape index (κ1) is 11.7. The molecular weight excluding hydrogens is 291 g/mol. The van der Waals surface area contributed by atoms with Crippen LogP contribution in [-0.2, 0) is 4.74 Å². The Morgan fingerprint density at radius 2 is 2.25 bits per heavy atom. The zero-order valence-electron chi connectivity index (χ0n) is 8.50. The van der Waals surface area contributed by atoms with Gasteiger partial charge in [0.1, 0.15) is 0 Å². The van der Waals surface area contributed by atoms with Crippen molar-refractivity contribution in [2.45, 2.75) is 12.8 Å². The first-order chi connectivity index (χ1) is 7.68. The number of carbonyl (C=O) groups excluding carboxylic acids is 1. The molecule has 0 aromatic heterocycles. The van der Waals surface area contributed by atoms with E-state index < -0.39 is 0 Å². The number of carbonyl (C=O) groups is 1. The van der Waals surface area contributed by atoms with E-state index in [1.165, 1.54) is 0 Å². The molecule has 0 aliphatic carbocycles. The molecule has 0 amide bonds. The maximum absolute atomic E-state index is 12.0. The molecule has 1 heterocycles. The predicted molar refractivity (Wildman–Crippen MR) is 66.8 cm³/mol. The smallest absolute Gasteiger partial charge is 0.227 e. The molecule has 0 saturated carbocycles. The largest absolute Gasteiger partial charge is 0.490 e. The molecule has 0 N–H and O–H groups in total. The molecule has 16 heavy (non-hydrogen) atoms. The van der Waals surface area contributed by atoms with Gasteiger partial charge in [0.25, 0.3) is 0 Å². The van der Waals surface area contributed by atoms with Gasteiger partial charge in [0.2, 0.25) is 5.78 Å². The third kappa shape index (κ3) is 2.47. The van der Waals surface area contributed by atoms with Gasteiger partial charge < -0.3 is 4.74 Å². The molecule has 1 aromatic carbocycles. The number of allylic oxidation sites excluding steroid dienone is 2. The van der Waals surface area contributed by atoms with Crippen LogP contribution in [0.25, 0.3) is 0 Å². The summed E-state index contributed by atoms with van der Waals surface area (Å²) in [6.07, 6.45) is 3.70. The molecule has 0 spiro atoms. The lowest BCUT2D eigenvalue weighted by atomic mass is 10.1. The number of ketones is 1. The van der Waals surface area contributed by atoms with Gasteiger partial charge in [0.15, 0.2) is 5.76 Å². The minimum Gasteiger partial charge on any atom is -0.490 e. The van der Waals surface area contributed by atoms with Crippen LogP contribution >= 0.6 is 27.5 Å². The highest BCUT2D eigenvalue weighted by Crippen LogP contribution is 2.25. The molecule has 0 atom stereocenters. The van der Waals surface area contributed by atoms with E-state index in [-0.39, 0.29) is 5.78 Å². The number of Topliss-reactive ketones (excluding diaryl/α,β-unsaturated/α-hetero) is 1. The summed E-state index contributed by atoms with van der Waals surface area (Å²) in [5.74, 6) is 0.332. The van der Waals surface area contributed by atoms with Gasteiger partial charge in [-0.05, 0) is 53.0 Å². The lowest BCUT2D eigenvalue weighted by Gasteiger charge is -2.13. The van der Waals surface area contributed by atoms with Gasteiger partial charge in [-0.3, -0.25) is 4.79 Å². The van der Waals surface area contributed by atoms with Crippen molar-refractivity contribution in [1.29, 1.82) is 0 Å². The van der Waals surface area contributed by atoms with Crippen molar-refractivity contribution >= 4 is 33.3 Å². The number of ether oxygens (including phenoxy) is 1. The van der Waals surface area contributed by atoms with Crippen LogP contribution in [-0.4, -0.2) is 12.4 Å². The standard InChI is InChI=1S/C12H10BrClO2/c13-9-5-4-8(7-10(9)14)12(15)11-3-1-2-6-16-11/h3-5,7H,1-2,6H2. The molecule has 1 aliphatic heterocycles. The highest BCUT2D eigenvalue weighted by molar-refractivity contribution is 9.10. The Labute approximate surface area is 107 Å². The van der Waals surface area contributed by atoms with E-state index in [2.05, 4.69) is 15.9 Å². The third-order valence-electron chi connectivity index (χ3n) is 2.34. The summed E-state index contributed by atoms with van der Waals surface area (Å²) in [6.45, 7) is 0.613. The molecule has 1 aromatic rings. The Balaban J connectivity index is 2.26. The lowest BCUT2D eigenvalue weighted by molar-refractivity contribution is 0.0899. The quantitative estimate of drug-likeness (QED) is 0.772. The Bertz CT molecular complexity index is 454. The van der Waals surface area contributed by atoms with Crippen LogP contribution in [0.1, 0.15) is 23.2 Å². The minimum atomic E-state index is -0.103. The maximum atomic E-state index is 12.0. The predicted octanol–water partition coefficient (Wildman–Crippen LogP) is 3.98. The van der Waals surface area contributed by atoms with Crippen molar-refractivity contribution in [2.24, 2.45) is 0 Å². The summed E-state index contributed by atoms with van der Waals surface area (Å²) in [4.78, 5) is 12.0. The molecule has 1 aliphatic rings. The Kier molecular flexibility index (Phi) is 3.66. The SMILES string of the molecule is O=C(C1=CCCCO1)c1ccc(Br)c(Cl)c1. The van der Waals surface area contributed by atoms with Crippen LogP contribution in [0.5, 0.6) is 0 Å². The number of hydrogen-bond donors (Lipinski definition) is 0. The molecule has 84 valence electrons. The summed E-state index contributed by atoms with van der Waals surface area (Å²) in [7, 11) is 0. The molecule has 0 bridgehead atoms. The van der Waals surface area contributed by atoms with Crippen LogP contribution in [0.2, 0.25) is 5.02 Å². The minimum absolute atomic E-state index is 0.103. The van der Waals surface area contributed by atoms with E-state index in [9.17, 15) is 4.79 Å². The third-order valence-corrected chi connectivity index (χ3v) is 3.57. The molecule has 0 unspecified atom stereocenters. The van der Waals surface area contributed by atoms with Gasteiger partial charge >= 0.3 is 0 Å². The van der Waals surface area contributed by atoms with E-state index in [1.54, 1.807) is 18.2 Å². The van der Waals surface area contributed by atoms with Crippen LogP contribution < -0.4 is 0 Å². The summed E-state index contributed by atoms with van der Waals surface area (Å²) < 4.78 is 6.10. The van der Waals surface area contributed by atoms with Gasteiger partial charge in [-0.2, -0.15) is 0 Å². The second kappa shape index (κ2) is 5.02. The van der Waals surface area contributed by atoms with Crippen molar-refractivity contribution in [2.75, 3.05) is 6.61 Å². The van der Waals surface area contributed by atoms with E-state index >= 15 is 0 Å². The molecule has 0 saturated heterocycles. The van der Waals surface area contributed by atoms with Crippen molar-refractivity contribution in [3.63, 3.8) is 0 Å². The van der Waals surface area contributed by atoms with E-state index in [0.29, 0.717) is 23.0 Å². The van der Waals surface area contributed by atoms with Crippen LogP contribution in [0.3, 0.4) is 0 Å². The lowest BCUT2D eigenvalue weighted by Crippen LogP contribution is -2.11. The van der Waals surface area contributed by atoms with E-state index in [4.69, 9.17) is 16.3 Å². The molecular formula is C12H10BrClO2. The zero-order valence-corrected chi connectivity index (χ0v) is 10.8. The number of halogens is 2. The maximum Gasteiger partial charge on any atom is 0.227 e. The number of benzene rings is 1. The number of rotatable bonds is 2. The fourth-order valence-corrected chi connectivity index (χ4v) is 1.92. The van der Waals surface area contributed by atoms with Crippen molar-refractivity contribution in [1.82, 2.24) is 0 Å². The van der Waals surface area contributed by atoms with Crippen LogP contribution in [0, 0.1) is 0 Å². The van der Waals surface area contributed by atoms with Crippen molar-refractivity contribution in [3.8, 4) is 0 Å². The highest BCUT2D eigenvalue weighted by atomic mass is 79.9. The van der Waals surface area contributed by atoms with Crippen LogP contribution in [0.15, 0.2) is 34.5 Å². The fourth-order valence-electron chi connectivity index (χ4n) is 1.50.